The van der Waals surface area contributed by atoms with Gasteiger partial charge in [-0.05, 0) is 72.8 Å². The summed E-state index contributed by atoms with van der Waals surface area (Å²) in [5, 5.41) is 4.13. The van der Waals surface area contributed by atoms with Crippen molar-refractivity contribution < 1.29 is 8.83 Å². The summed E-state index contributed by atoms with van der Waals surface area (Å²) >= 11 is 0. The molecule has 0 N–H and O–H groups in total. The van der Waals surface area contributed by atoms with Crippen LogP contribution in [-0.2, 0) is 0 Å². The van der Waals surface area contributed by atoms with Gasteiger partial charge in [0.1, 0.15) is 16.7 Å². The van der Waals surface area contributed by atoms with Gasteiger partial charge in [0.15, 0.2) is 23.1 Å². The number of hydrogen-bond donors (Lipinski definition) is 0. The summed E-state index contributed by atoms with van der Waals surface area (Å²) in [4.78, 5) is 20.1. The number of oxazole rings is 1. The molecule has 0 saturated heterocycles. The molecule has 7 aromatic carbocycles. The summed E-state index contributed by atoms with van der Waals surface area (Å²) in [7, 11) is 0. The number of rotatable bonds is 5. The quantitative estimate of drug-likeness (QED) is 0.180. The zero-order valence-electron chi connectivity index (χ0n) is 28.1. The first-order chi connectivity index (χ1) is 26.2. The molecule has 7 heteroatoms. The van der Waals surface area contributed by atoms with Crippen LogP contribution in [0.3, 0.4) is 0 Å². The Hall–Kier alpha value is -7.38. The van der Waals surface area contributed by atoms with Crippen molar-refractivity contribution in [2.45, 2.75) is 0 Å². The summed E-state index contributed by atoms with van der Waals surface area (Å²) in [6.07, 6.45) is 0. The molecule has 0 aliphatic rings. The first-order valence-electron chi connectivity index (χ1n) is 17.5. The Morgan fingerprint density at radius 1 is 0.396 bits per heavy atom. The van der Waals surface area contributed by atoms with E-state index in [4.69, 9.17) is 28.8 Å². The van der Waals surface area contributed by atoms with E-state index in [-0.39, 0.29) is 0 Å². The van der Waals surface area contributed by atoms with Gasteiger partial charge in [-0.25, -0.2) is 19.9 Å². The molecule has 0 aliphatic carbocycles. The van der Waals surface area contributed by atoms with Crippen LogP contribution in [0.2, 0.25) is 0 Å². The lowest BCUT2D eigenvalue weighted by molar-refractivity contribution is 0.620. The van der Waals surface area contributed by atoms with Crippen LogP contribution in [-0.4, -0.2) is 24.5 Å². The maximum atomic E-state index is 6.40. The zero-order valence-corrected chi connectivity index (χ0v) is 28.1. The van der Waals surface area contributed by atoms with Gasteiger partial charge in [0.25, 0.3) is 0 Å². The normalized spacial score (nSPS) is 11.8. The molecule has 0 spiro atoms. The smallest absolute Gasteiger partial charge is 0.227 e. The van der Waals surface area contributed by atoms with E-state index in [0.717, 1.165) is 82.8 Å². The Balaban J connectivity index is 1.12. The highest BCUT2D eigenvalue weighted by Crippen LogP contribution is 2.39. The zero-order chi connectivity index (χ0) is 34.9. The molecule has 11 aromatic rings. The fourth-order valence-corrected chi connectivity index (χ4v) is 7.45. The standard InChI is InChI=1S/C46H27N5O2/c1-3-12-28(13-4-1)43-48-44(29-22-24-38-34(26-29)32-16-7-9-19-37(32)51(38)31-14-5-2-6-15-31)50-45(49-43)33-17-11-21-41-42(33)35-27-30(23-25-39(35)52-41)46-47-36-18-8-10-20-40(36)53-46/h1-27H. The summed E-state index contributed by atoms with van der Waals surface area (Å²) in [5.41, 5.74) is 9.93. The van der Waals surface area contributed by atoms with E-state index in [0.29, 0.717) is 23.4 Å². The van der Waals surface area contributed by atoms with E-state index in [1.165, 1.54) is 0 Å². The van der Waals surface area contributed by atoms with Gasteiger partial charge in [0.05, 0.1) is 11.0 Å². The largest absolute Gasteiger partial charge is 0.456 e. The minimum Gasteiger partial charge on any atom is -0.456 e. The Morgan fingerprint density at radius 3 is 1.94 bits per heavy atom. The van der Waals surface area contributed by atoms with Crippen molar-refractivity contribution in [3.63, 3.8) is 0 Å². The molecule has 0 unspecified atom stereocenters. The van der Waals surface area contributed by atoms with E-state index in [9.17, 15) is 0 Å². The van der Waals surface area contributed by atoms with Crippen LogP contribution < -0.4 is 0 Å². The van der Waals surface area contributed by atoms with E-state index in [1.807, 2.05) is 91.0 Å². The number of benzene rings is 7. The van der Waals surface area contributed by atoms with Crippen LogP contribution in [0, 0.1) is 0 Å². The fourth-order valence-electron chi connectivity index (χ4n) is 7.45. The molecule has 53 heavy (non-hydrogen) atoms. The molecular formula is C46H27N5O2. The number of furan rings is 1. The van der Waals surface area contributed by atoms with Crippen LogP contribution in [0.25, 0.3) is 106 Å². The first kappa shape index (κ1) is 29.4. The molecular weight excluding hydrogens is 655 g/mol. The molecule has 4 heterocycles. The predicted molar refractivity (Wildman–Crippen MR) is 211 cm³/mol. The van der Waals surface area contributed by atoms with Gasteiger partial charge < -0.3 is 13.4 Å². The van der Waals surface area contributed by atoms with Gasteiger partial charge >= 0.3 is 0 Å². The summed E-state index contributed by atoms with van der Waals surface area (Å²) in [6.45, 7) is 0. The van der Waals surface area contributed by atoms with Gasteiger partial charge in [-0.2, -0.15) is 0 Å². The topological polar surface area (TPSA) is 82.8 Å². The monoisotopic (exact) mass is 681 g/mol. The van der Waals surface area contributed by atoms with Crippen molar-refractivity contribution in [3.05, 3.63) is 164 Å². The molecule has 0 bridgehead atoms. The second-order valence-electron chi connectivity index (χ2n) is 13.1. The molecule has 7 nitrogen and oxygen atoms in total. The SMILES string of the molecule is c1ccc(-c2nc(-c3ccc4c(c3)c3ccccc3n4-c3ccccc3)nc(-c3cccc4oc5ccc(-c6nc7ccccc7o6)cc5c34)n2)cc1. The maximum absolute atomic E-state index is 6.40. The van der Waals surface area contributed by atoms with E-state index in [1.54, 1.807) is 0 Å². The molecule has 4 aromatic heterocycles. The third kappa shape index (κ3) is 4.75. The van der Waals surface area contributed by atoms with Crippen molar-refractivity contribution in [2.24, 2.45) is 0 Å². The Labute approximate surface area is 302 Å². The van der Waals surface area contributed by atoms with Gasteiger partial charge in [-0.3, -0.25) is 0 Å². The van der Waals surface area contributed by atoms with Crippen molar-refractivity contribution in [2.75, 3.05) is 0 Å². The van der Waals surface area contributed by atoms with Crippen molar-refractivity contribution in [3.8, 4) is 51.3 Å². The summed E-state index contributed by atoms with van der Waals surface area (Å²) in [6, 6.07) is 55.3. The highest BCUT2D eigenvalue weighted by molar-refractivity contribution is 6.13. The molecule has 0 aliphatic heterocycles. The lowest BCUT2D eigenvalue weighted by Crippen LogP contribution is -2.00. The number of hydrogen-bond acceptors (Lipinski definition) is 6. The van der Waals surface area contributed by atoms with Crippen LogP contribution >= 0.6 is 0 Å². The predicted octanol–water partition coefficient (Wildman–Crippen LogP) is 11.7. The highest BCUT2D eigenvalue weighted by atomic mass is 16.3. The molecule has 0 radical (unpaired) electrons. The fraction of sp³-hybridized carbons (Fsp3) is 0. The van der Waals surface area contributed by atoms with Crippen LogP contribution in [0.5, 0.6) is 0 Å². The first-order valence-corrected chi connectivity index (χ1v) is 17.5. The van der Waals surface area contributed by atoms with Gasteiger partial charge in [-0.1, -0.05) is 91.0 Å². The Bertz CT molecular complexity index is 3150. The molecule has 0 atom stereocenters. The Morgan fingerprint density at radius 2 is 1.08 bits per heavy atom. The Kier molecular flexibility index (Phi) is 6.42. The van der Waals surface area contributed by atoms with E-state index >= 15 is 0 Å². The number of aromatic nitrogens is 5. The second kappa shape index (κ2) is 11.6. The molecule has 11 rings (SSSR count). The highest BCUT2D eigenvalue weighted by Gasteiger charge is 2.20. The van der Waals surface area contributed by atoms with Crippen molar-refractivity contribution >= 4 is 54.8 Å². The summed E-state index contributed by atoms with van der Waals surface area (Å²) in [5.74, 6) is 2.29. The third-order valence-electron chi connectivity index (χ3n) is 9.89. The van der Waals surface area contributed by atoms with Crippen LogP contribution in [0.15, 0.2) is 173 Å². The summed E-state index contributed by atoms with van der Waals surface area (Å²) < 4.78 is 14.8. The average molecular weight is 682 g/mol. The van der Waals surface area contributed by atoms with Gasteiger partial charge in [-0.15, -0.1) is 0 Å². The number of para-hydroxylation sites is 4. The minimum absolute atomic E-state index is 0.553. The number of nitrogens with zero attached hydrogens (tertiary/aromatic N) is 5. The molecule has 248 valence electrons. The lowest BCUT2D eigenvalue weighted by Gasteiger charge is -2.10. The van der Waals surface area contributed by atoms with E-state index in [2.05, 4.69) is 77.4 Å². The maximum Gasteiger partial charge on any atom is 0.227 e. The van der Waals surface area contributed by atoms with Crippen molar-refractivity contribution in [1.82, 2.24) is 24.5 Å². The van der Waals surface area contributed by atoms with Crippen LogP contribution in [0.4, 0.5) is 0 Å². The lowest BCUT2D eigenvalue weighted by atomic mass is 10.0. The average Bonchev–Trinajstić information content (AvgIpc) is 3.93. The number of fused-ring (bicyclic) bond motifs is 7. The third-order valence-corrected chi connectivity index (χ3v) is 9.89. The second-order valence-corrected chi connectivity index (χ2v) is 13.1. The van der Waals surface area contributed by atoms with Crippen LogP contribution in [0.1, 0.15) is 0 Å². The molecule has 0 amide bonds. The van der Waals surface area contributed by atoms with Gasteiger partial charge in [0.2, 0.25) is 5.89 Å². The molecule has 0 fully saturated rings. The minimum atomic E-state index is 0.553. The molecule has 0 saturated carbocycles. The van der Waals surface area contributed by atoms with Crippen molar-refractivity contribution in [1.29, 1.82) is 0 Å². The van der Waals surface area contributed by atoms with Gasteiger partial charge in [0, 0.05) is 49.5 Å². The van der Waals surface area contributed by atoms with E-state index < -0.39 is 0 Å².